The van der Waals surface area contributed by atoms with Gasteiger partial charge in [0.15, 0.2) is 9.84 Å². The third-order valence-corrected chi connectivity index (χ3v) is 4.43. The van der Waals surface area contributed by atoms with Crippen LogP contribution in [0, 0.1) is 5.92 Å². The van der Waals surface area contributed by atoms with E-state index in [1.54, 1.807) is 19.1 Å². The van der Waals surface area contributed by atoms with E-state index in [1.807, 2.05) is 0 Å². The third kappa shape index (κ3) is 3.61. The first kappa shape index (κ1) is 13.2. The molecule has 0 spiro atoms. The first-order chi connectivity index (χ1) is 7.45. The van der Waals surface area contributed by atoms with Crippen molar-refractivity contribution in [2.45, 2.75) is 18.2 Å². The molecular formula is C11H13ClO3S. The summed E-state index contributed by atoms with van der Waals surface area (Å²) in [5, 5.41) is 0.500. The minimum atomic E-state index is -3.32. The largest absolute Gasteiger partial charge is 0.303 e. The molecule has 0 N–H and O–H groups in total. The molecule has 0 heterocycles. The zero-order valence-corrected chi connectivity index (χ0v) is 10.5. The molecule has 0 bridgehead atoms. The van der Waals surface area contributed by atoms with Gasteiger partial charge < -0.3 is 4.79 Å². The second-order valence-corrected chi connectivity index (χ2v) is 6.21. The second-order valence-electron chi connectivity index (χ2n) is 3.74. The van der Waals surface area contributed by atoms with E-state index in [0.29, 0.717) is 5.02 Å². The first-order valence-corrected chi connectivity index (χ1v) is 6.90. The highest BCUT2D eigenvalue weighted by Crippen LogP contribution is 2.18. The van der Waals surface area contributed by atoms with Crippen molar-refractivity contribution in [2.24, 2.45) is 5.92 Å². The van der Waals surface area contributed by atoms with Gasteiger partial charge in [0.2, 0.25) is 0 Å². The SMILES string of the molecule is CC(CC=O)CS(=O)(=O)c1ccc(Cl)cc1. The Morgan fingerprint density at radius 1 is 1.31 bits per heavy atom. The Hall–Kier alpha value is -0.870. The van der Waals surface area contributed by atoms with Crippen LogP contribution in [-0.2, 0) is 14.6 Å². The van der Waals surface area contributed by atoms with E-state index in [2.05, 4.69) is 0 Å². The summed E-state index contributed by atoms with van der Waals surface area (Å²) in [6.45, 7) is 1.74. The van der Waals surface area contributed by atoms with Crippen molar-refractivity contribution < 1.29 is 13.2 Å². The molecule has 0 aliphatic carbocycles. The lowest BCUT2D eigenvalue weighted by molar-refractivity contribution is -0.108. The monoisotopic (exact) mass is 260 g/mol. The van der Waals surface area contributed by atoms with E-state index in [0.717, 1.165) is 6.29 Å². The summed E-state index contributed by atoms with van der Waals surface area (Å²) < 4.78 is 23.7. The molecule has 0 saturated heterocycles. The topological polar surface area (TPSA) is 51.2 Å². The molecule has 1 aromatic rings. The zero-order chi connectivity index (χ0) is 12.2. The van der Waals surface area contributed by atoms with Gasteiger partial charge in [-0.1, -0.05) is 18.5 Å². The lowest BCUT2D eigenvalue weighted by Crippen LogP contribution is -2.14. The fourth-order valence-electron chi connectivity index (χ4n) is 1.35. The normalized spacial score (nSPS) is 13.4. The van der Waals surface area contributed by atoms with Crippen molar-refractivity contribution >= 4 is 27.7 Å². The number of hydrogen-bond acceptors (Lipinski definition) is 3. The minimum absolute atomic E-state index is 0.0205. The molecule has 3 nitrogen and oxygen atoms in total. The predicted octanol–water partition coefficient (Wildman–Crippen LogP) is 2.34. The fourth-order valence-corrected chi connectivity index (χ4v) is 3.10. The second kappa shape index (κ2) is 5.46. The minimum Gasteiger partial charge on any atom is -0.303 e. The quantitative estimate of drug-likeness (QED) is 0.764. The van der Waals surface area contributed by atoms with Crippen LogP contribution in [0.15, 0.2) is 29.2 Å². The summed E-state index contributed by atoms with van der Waals surface area (Å²) in [4.78, 5) is 10.5. The van der Waals surface area contributed by atoms with Gasteiger partial charge in [-0.2, -0.15) is 0 Å². The predicted molar refractivity (Wildman–Crippen MR) is 63.3 cm³/mol. The van der Waals surface area contributed by atoms with Crippen LogP contribution in [0.5, 0.6) is 0 Å². The number of sulfone groups is 1. The van der Waals surface area contributed by atoms with Gasteiger partial charge in [-0.05, 0) is 30.2 Å². The molecule has 0 radical (unpaired) electrons. The Morgan fingerprint density at radius 3 is 2.38 bits per heavy atom. The van der Waals surface area contributed by atoms with Crippen molar-refractivity contribution in [1.29, 1.82) is 0 Å². The maximum Gasteiger partial charge on any atom is 0.178 e. The van der Waals surface area contributed by atoms with Gasteiger partial charge in [0.1, 0.15) is 6.29 Å². The highest BCUT2D eigenvalue weighted by atomic mass is 35.5. The van der Waals surface area contributed by atoms with Crippen molar-refractivity contribution in [3.8, 4) is 0 Å². The van der Waals surface area contributed by atoms with Gasteiger partial charge in [0.25, 0.3) is 0 Å². The van der Waals surface area contributed by atoms with Crippen LogP contribution in [0.2, 0.25) is 5.02 Å². The molecule has 16 heavy (non-hydrogen) atoms. The number of carbonyl (C=O) groups is 1. The van der Waals surface area contributed by atoms with Gasteiger partial charge in [0.05, 0.1) is 10.6 Å². The Kier molecular flexibility index (Phi) is 4.50. The Balaban J connectivity index is 2.85. The van der Waals surface area contributed by atoms with Gasteiger partial charge in [-0.15, -0.1) is 0 Å². The van der Waals surface area contributed by atoms with E-state index in [1.165, 1.54) is 12.1 Å². The van der Waals surface area contributed by atoms with Gasteiger partial charge in [-0.25, -0.2) is 8.42 Å². The number of benzene rings is 1. The van der Waals surface area contributed by atoms with Gasteiger partial charge in [-0.3, -0.25) is 0 Å². The van der Waals surface area contributed by atoms with Crippen molar-refractivity contribution in [1.82, 2.24) is 0 Å². The van der Waals surface area contributed by atoms with E-state index in [-0.39, 0.29) is 23.0 Å². The lowest BCUT2D eigenvalue weighted by atomic mass is 10.2. The van der Waals surface area contributed by atoms with Gasteiger partial charge >= 0.3 is 0 Å². The summed E-state index contributed by atoms with van der Waals surface area (Å²) in [5.41, 5.74) is 0. The molecule has 1 atom stereocenters. The molecule has 0 fully saturated rings. The summed E-state index contributed by atoms with van der Waals surface area (Å²) >= 11 is 5.68. The maximum atomic E-state index is 11.9. The summed E-state index contributed by atoms with van der Waals surface area (Å²) in [5.74, 6) is -0.189. The molecule has 0 aliphatic rings. The maximum absolute atomic E-state index is 11.9. The highest BCUT2D eigenvalue weighted by Gasteiger charge is 2.17. The summed E-state index contributed by atoms with van der Waals surface area (Å²) in [7, 11) is -3.32. The molecule has 5 heteroatoms. The third-order valence-electron chi connectivity index (χ3n) is 2.18. The average molecular weight is 261 g/mol. The van der Waals surface area contributed by atoms with Crippen LogP contribution in [-0.4, -0.2) is 20.5 Å². The Bertz CT molecular complexity index is 451. The van der Waals surface area contributed by atoms with Crippen molar-refractivity contribution in [3.05, 3.63) is 29.3 Å². The number of carbonyl (C=O) groups excluding carboxylic acids is 1. The van der Waals surface area contributed by atoms with Crippen LogP contribution >= 0.6 is 11.6 Å². The lowest BCUT2D eigenvalue weighted by Gasteiger charge is -2.08. The first-order valence-electron chi connectivity index (χ1n) is 4.87. The zero-order valence-electron chi connectivity index (χ0n) is 8.89. The Morgan fingerprint density at radius 2 is 1.88 bits per heavy atom. The number of aldehydes is 1. The van der Waals surface area contributed by atoms with Crippen molar-refractivity contribution in [3.63, 3.8) is 0 Å². The van der Waals surface area contributed by atoms with Crippen molar-refractivity contribution in [2.75, 3.05) is 5.75 Å². The van der Waals surface area contributed by atoms with Crippen LogP contribution in [0.3, 0.4) is 0 Å². The number of halogens is 1. The standard InChI is InChI=1S/C11H13ClO3S/c1-9(6-7-13)8-16(14,15)11-4-2-10(12)3-5-11/h2-5,7,9H,6,8H2,1H3. The molecular weight excluding hydrogens is 248 g/mol. The molecule has 0 saturated carbocycles. The fraction of sp³-hybridized carbons (Fsp3) is 0.364. The molecule has 1 aromatic carbocycles. The van der Waals surface area contributed by atoms with Crippen LogP contribution in [0.1, 0.15) is 13.3 Å². The van der Waals surface area contributed by atoms with Crippen LogP contribution < -0.4 is 0 Å². The van der Waals surface area contributed by atoms with Crippen LogP contribution in [0.4, 0.5) is 0 Å². The van der Waals surface area contributed by atoms with E-state index >= 15 is 0 Å². The molecule has 0 aromatic heterocycles. The number of rotatable bonds is 5. The van der Waals surface area contributed by atoms with E-state index in [4.69, 9.17) is 11.6 Å². The average Bonchev–Trinajstić information content (AvgIpc) is 2.17. The molecule has 0 amide bonds. The van der Waals surface area contributed by atoms with Gasteiger partial charge in [0, 0.05) is 11.4 Å². The van der Waals surface area contributed by atoms with E-state index in [9.17, 15) is 13.2 Å². The highest BCUT2D eigenvalue weighted by molar-refractivity contribution is 7.91. The molecule has 1 unspecified atom stereocenters. The van der Waals surface area contributed by atoms with E-state index < -0.39 is 9.84 Å². The smallest absolute Gasteiger partial charge is 0.178 e. The Labute approximate surface area is 100 Å². The summed E-state index contributed by atoms with van der Waals surface area (Å²) in [6, 6.07) is 6.04. The van der Waals surface area contributed by atoms with Crippen LogP contribution in [0.25, 0.3) is 0 Å². The molecule has 0 aliphatic heterocycles. The number of hydrogen-bond donors (Lipinski definition) is 0. The summed E-state index contributed by atoms with van der Waals surface area (Å²) in [6.07, 6.45) is 0.995. The molecule has 88 valence electrons. The molecule has 1 rings (SSSR count).